The number of amides is 1. The van der Waals surface area contributed by atoms with Gasteiger partial charge in [0.1, 0.15) is 11.4 Å². The Morgan fingerprint density at radius 1 is 1.07 bits per heavy atom. The lowest BCUT2D eigenvalue weighted by Crippen LogP contribution is -2.47. The number of fused-ring (bicyclic) bond motifs is 1. The van der Waals surface area contributed by atoms with Crippen LogP contribution in [-0.4, -0.2) is 55.1 Å². The lowest BCUT2D eigenvalue weighted by atomic mass is 10.2. The molecule has 0 aliphatic carbocycles. The number of unbranched alkanes of at least 4 members (excludes halogenated alkanes) is 1. The maximum absolute atomic E-state index is 12.2. The lowest BCUT2D eigenvalue weighted by Gasteiger charge is -2.35. The molecule has 0 spiro atoms. The van der Waals surface area contributed by atoms with Crippen molar-refractivity contribution in [1.29, 1.82) is 0 Å². The van der Waals surface area contributed by atoms with Gasteiger partial charge in [0.05, 0.1) is 0 Å². The molecular weight excluding hydrogens is 364 g/mol. The average Bonchev–Trinajstić information content (AvgIpc) is 3.18. The van der Waals surface area contributed by atoms with Gasteiger partial charge in [-0.15, -0.1) is 0 Å². The highest BCUT2D eigenvalue weighted by Crippen LogP contribution is 2.18. The third-order valence-electron chi connectivity index (χ3n) is 5.41. The summed E-state index contributed by atoms with van der Waals surface area (Å²) in [7, 11) is 0. The van der Waals surface area contributed by atoms with Crippen LogP contribution in [0.5, 0.6) is 0 Å². The molecule has 4 rings (SSSR count). The molecule has 0 saturated carbocycles. The van der Waals surface area contributed by atoms with E-state index >= 15 is 0 Å². The third kappa shape index (κ3) is 4.95. The molecule has 1 saturated heterocycles. The number of carbonyl (C=O) groups is 1. The normalized spacial score (nSPS) is 15.0. The van der Waals surface area contributed by atoms with Crippen LogP contribution in [0.1, 0.15) is 29.1 Å². The Morgan fingerprint density at radius 3 is 2.69 bits per heavy atom. The van der Waals surface area contributed by atoms with Crippen molar-refractivity contribution >= 4 is 22.7 Å². The van der Waals surface area contributed by atoms with Gasteiger partial charge in [-0.1, -0.05) is 24.3 Å². The Hall–Kier alpha value is -2.86. The standard InChI is InChI=1S/C23H28N4O2/c1-18-7-6-10-22(25-18)27-15-13-26(14-16-27)12-5-4-11-24-23(28)21-17-19-8-2-3-9-20(19)29-21/h2-3,6-10,17H,4-5,11-16H2,1H3,(H,24,28). The van der Waals surface area contributed by atoms with E-state index in [0.29, 0.717) is 12.3 Å². The molecule has 1 amide bonds. The Labute approximate surface area is 171 Å². The van der Waals surface area contributed by atoms with E-state index in [9.17, 15) is 4.79 Å². The Balaban J connectivity index is 1.14. The van der Waals surface area contributed by atoms with Crippen LogP contribution in [0.15, 0.2) is 52.9 Å². The largest absolute Gasteiger partial charge is 0.451 e. The predicted octanol–water partition coefficient (Wildman–Crippen LogP) is 3.47. The van der Waals surface area contributed by atoms with Gasteiger partial charge >= 0.3 is 0 Å². The number of rotatable bonds is 7. The van der Waals surface area contributed by atoms with Crippen LogP contribution in [0.2, 0.25) is 0 Å². The molecule has 152 valence electrons. The summed E-state index contributed by atoms with van der Waals surface area (Å²) in [5.74, 6) is 1.32. The molecule has 0 bridgehead atoms. The van der Waals surface area contributed by atoms with Crippen molar-refractivity contribution in [3.8, 4) is 0 Å². The van der Waals surface area contributed by atoms with Gasteiger partial charge in [0.25, 0.3) is 5.91 Å². The van der Waals surface area contributed by atoms with E-state index < -0.39 is 0 Å². The van der Waals surface area contributed by atoms with Gasteiger partial charge in [-0.2, -0.15) is 0 Å². The summed E-state index contributed by atoms with van der Waals surface area (Å²) in [4.78, 5) is 21.7. The topological polar surface area (TPSA) is 61.6 Å². The Morgan fingerprint density at radius 2 is 1.90 bits per heavy atom. The zero-order valence-electron chi connectivity index (χ0n) is 16.9. The number of benzene rings is 1. The molecule has 3 aromatic rings. The first-order chi connectivity index (χ1) is 14.2. The van der Waals surface area contributed by atoms with E-state index in [0.717, 1.165) is 68.0 Å². The second-order valence-electron chi connectivity index (χ2n) is 7.58. The second kappa shape index (κ2) is 9.09. The van der Waals surface area contributed by atoms with E-state index in [4.69, 9.17) is 4.42 Å². The second-order valence-corrected chi connectivity index (χ2v) is 7.58. The van der Waals surface area contributed by atoms with Crippen molar-refractivity contribution in [3.05, 3.63) is 60.0 Å². The van der Waals surface area contributed by atoms with Crippen molar-refractivity contribution in [2.24, 2.45) is 0 Å². The van der Waals surface area contributed by atoms with Crippen LogP contribution < -0.4 is 10.2 Å². The Bertz CT molecular complexity index is 927. The number of anilines is 1. The van der Waals surface area contributed by atoms with Crippen molar-refractivity contribution in [2.75, 3.05) is 44.2 Å². The van der Waals surface area contributed by atoms with Crippen LogP contribution in [-0.2, 0) is 0 Å². The highest BCUT2D eigenvalue weighted by molar-refractivity contribution is 5.96. The van der Waals surface area contributed by atoms with Crippen molar-refractivity contribution in [3.63, 3.8) is 0 Å². The van der Waals surface area contributed by atoms with Crippen LogP contribution >= 0.6 is 0 Å². The van der Waals surface area contributed by atoms with Crippen LogP contribution in [0, 0.1) is 6.92 Å². The minimum Gasteiger partial charge on any atom is -0.451 e. The highest BCUT2D eigenvalue weighted by Gasteiger charge is 2.17. The van der Waals surface area contributed by atoms with Gasteiger partial charge in [0.2, 0.25) is 0 Å². The van der Waals surface area contributed by atoms with Gasteiger partial charge in [0, 0.05) is 43.8 Å². The fourth-order valence-corrected chi connectivity index (χ4v) is 3.75. The summed E-state index contributed by atoms with van der Waals surface area (Å²) in [5, 5.41) is 3.92. The van der Waals surface area contributed by atoms with Gasteiger partial charge in [-0.25, -0.2) is 4.98 Å². The highest BCUT2D eigenvalue weighted by atomic mass is 16.3. The van der Waals surface area contributed by atoms with Crippen LogP contribution in [0.25, 0.3) is 11.0 Å². The third-order valence-corrected chi connectivity index (χ3v) is 5.41. The number of aryl methyl sites for hydroxylation is 1. The molecule has 0 unspecified atom stereocenters. The number of nitrogens with one attached hydrogen (secondary N) is 1. The van der Waals surface area contributed by atoms with Gasteiger partial charge in [0.15, 0.2) is 5.76 Å². The molecule has 1 N–H and O–H groups in total. The maximum atomic E-state index is 12.2. The summed E-state index contributed by atoms with van der Waals surface area (Å²) in [6, 6.07) is 15.7. The number of nitrogens with zero attached hydrogens (tertiary/aromatic N) is 3. The molecule has 1 aliphatic rings. The number of aromatic nitrogens is 1. The van der Waals surface area contributed by atoms with Crippen LogP contribution in [0.3, 0.4) is 0 Å². The van der Waals surface area contributed by atoms with E-state index in [1.165, 1.54) is 0 Å². The van der Waals surface area contributed by atoms with Crippen LogP contribution in [0.4, 0.5) is 5.82 Å². The molecule has 0 atom stereocenters. The molecule has 29 heavy (non-hydrogen) atoms. The summed E-state index contributed by atoms with van der Waals surface area (Å²) < 4.78 is 5.61. The first-order valence-corrected chi connectivity index (χ1v) is 10.4. The molecule has 1 aromatic carbocycles. The fourth-order valence-electron chi connectivity index (χ4n) is 3.75. The number of pyridine rings is 1. The summed E-state index contributed by atoms with van der Waals surface area (Å²) in [6.45, 7) is 7.91. The average molecular weight is 393 g/mol. The molecule has 1 aliphatic heterocycles. The number of para-hydroxylation sites is 1. The number of hydrogen-bond donors (Lipinski definition) is 1. The van der Waals surface area contributed by atoms with E-state index in [1.807, 2.05) is 37.3 Å². The molecule has 3 heterocycles. The quantitative estimate of drug-likeness (QED) is 0.624. The number of piperazine rings is 1. The van der Waals surface area contributed by atoms with Crippen molar-refractivity contribution in [2.45, 2.75) is 19.8 Å². The molecule has 1 fully saturated rings. The minimum atomic E-state index is -0.138. The summed E-state index contributed by atoms with van der Waals surface area (Å²) >= 11 is 0. The molecular formula is C23H28N4O2. The number of hydrogen-bond acceptors (Lipinski definition) is 5. The fraction of sp³-hybridized carbons (Fsp3) is 0.391. The van der Waals surface area contributed by atoms with Crippen molar-refractivity contribution < 1.29 is 9.21 Å². The van der Waals surface area contributed by atoms with E-state index in [1.54, 1.807) is 6.07 Å². The molecule has 6 heteroatoms. The molecule has 6 nitrogen and oxygen atoms in total. The zero-order chi connectivity index (χ0) is 20.1. The Kier molecular flexibility index (Phi) is 6.10. The zero-order valence-corrected chi connectivity index (χ0v) is 16.9. The minimum absolute atomic E-state index is 0.138. The van der Waals surface area contributed by atoms with Gasteiger partial charge < -0.3 is 14.6 Å². The van der Waals surface area contributed by atoms with Crippen molar-refractivity contribution in [1.82, 2.24) is 15.2 Å². The number of furan rings is 1. The first kappa shape index (κ1) is 19.5. The summed E-state index contributed by atoms with van der Waals surface area (Å²) in [6.07, 6.45) is 2.04. The van der Waals surface area contributed by atoms with E-state index in [-0.39, 0.29) is 5.91 Å². The maximum Gasteiger partial charge on any atom is 0.287 e. The first-order valence-electron chi connectivity index (χ1n) is 10.4. The van der Waals surface area contributed by atoms with Gasteiger partial charge in [-0.05, 0) is 50.6 Å². The SMILES string of the molecule is Cc1cccc(N2CCN(CCCCNC(=O)c3cc4ccccc4o3)CC2)n1. The number of carbonyl (C=O) groups excluding carboxylic acids is 1. The molecule has 2 aromatic heterocycles. The lowest BCUT2D eigenvalue weighted by molar-refractivity contribution is 0.0927. The van der Waals surface area contributed by atoms with Gasteiger partial charge in [-0.3, -0.25) is 9.69 Å². The summed E-state index contributed by atoms with van der Waals surface area (Å²) in [5.41, 5.74) is 1.81. The monoisotopic (exact) mass is 392 g/mol. The molecule has 0 radical (unpaired) electrons. The smallest absolute Gasteiger partial charge is 0.287 e. The van der Waals surface area contributed by atoms with E-state index in [2.05, 4.69) is 32.2 Å². The predicted molar refractivity (Wildman–Crippen MR) is 115 cm³/mol.